The van der Waals surface area contributed by atoms with Crippen LogP contribution in [0.15, 0.2) is 6.07 Å². The van der Waals surface area contributed by atoms with E-state index < -0.39 is 9.84 Å². The number of hydrogen-bond acceptors (Lipinski definition) is 6. The van der Waals surface area contributed by atoms with E-state index in [1.54, 1.807) is 6.07 Å². The maximum atomic E-state index is 12.4. The van der Waals surface area contributed by atoms with E-state index in [9.17, 15) is 13.2 Å². The maximum Gasteiger partial charge on any atom is 0.270 e. The number of sulfone groups is 1. The maximum absolute atomic E-state index is 12.4. The summed E-state index contributed by atoms with van der Waals surface area (Å²) in [7, 11) is -2.99. The molecule has 1 saturated heterocycles. The average Bonchev–Trinajstić information content (AvgIpc) is 2.87. The van der Waals surface area contributed by atoms with Gasteiger partial charge in [0.15, 0.2) is 9.84 Å². The van der Waals surface area contributed by atoms with Crippen molar-refractivity contribution in [3.8, 4) is 0 Å². The van der Waals surface area contributed by atoms with Crippen molar-refractivity contribution in [1.82, 2.24) is 15.3 Å². The van der Waals surface area contributed by atoms with Gasteiger partial charge in [0.2, 0.25) is 5.95 Å². The molecule has 1 N–H and O–H groups in total. The van der Waals surface area contributed by atoms with E-state index >= 15 is 0 Å². The highest BCUT2D eigenvalue weighted by Gasteiger charge is 2.33. The molecule has 1 amide bonds. The van der Waals surface area contributed by atoms with E-state index in [0.29, 0.717) is 42.8 Å². The van der Waals surface area contributed by atoms with Crippen LogP contribution in [0.25, 0.3) is 0 Å². The molecule has 1 fully saturated rings. The molecule has 0 spiro atoms. The zero-order valence-electron chi connectivity index (χ0n) is 15.4. The van der Waals surface area contributed by atoms with Gasteiger partial charge in [-0.05, 0) is 38.7 Å². The van der Waals surface area contributed by atoms with Crippen LogP contribution in [0.2, 0.25) is 0 Å². The lowest BCUT2D eigenvalue weighted by Gasteiger charge is -2.27. The summed E-state index contributed by atoms with van der Waals surface area (Å²) in [6.45, 7) is 9.17. The van der Waals surface area contributed by atoms with E-state index in [0.717, 1.165) is 6.42 Å². The Bertz CT molecular complexity index is 719. The van der Waals surface area contributed by atoms with Gasteiger partial charge in [-0.1, -0.05) is 13.8 Å². The molecule has 0 aliphatic carbocycles. The first-order valence-corrected chi connectivity index (χ1v) is 10.6. The number of rotatable bonds is 7. The largest absolute Gasteiger partial charge is 0.351 e. The zero-order valence-corrected chi connectivity index (χ0v) is 16.3. The summed E-state index contributed by atoms with van der Waals surface area (Å²) >= 11 is 0. The second kappa shape index (κ2) is 8.12. The Balaban J connectivity index is 2.18. The minimum Gasteiger partial charge on any atom is -0.351 e. The molecule has 1 aliphatic heterocycles. The smallest absolute Gasteiger partial charge is 0.270 e. The second-order valence-electron chi connectivity index (χ2n) is 6.98. The topological polar surface area (TPSA) is 92.3 Å². The molecule has 2 heterocycles. The fourth-order valence-corrected chi connectivity index (χ4v) is 4.68. The molecule has 0 saturated carbocycles. The lowest BCUT2D eigenvalue weighted by molar-refractivity contribution is 0.0946. The van der Waals surface area contributed by atoms with Crippen molar-refractivity contribution >= 4 is 21.7 Å². The first-order valence-electron chi connectivity index (χ1n) is 8.82. The minimum atomic E-state index is -2.99. The molecule has 1 unspecified atom stereocenters. The molecule has 8 heteroatoms. The summed E-state index contributed by atoms with van der Waals surface area (Å²) < 4.78 is 23.6. The Morgan fingerprint density at radius 3 is 2.68 bits per heavy atom. The lowest BCUT2D eigenvalue weighted by Crippen LogP contribution is -2.38. The third-order valence-electron chi connectivity index (χ3n) is 4.33. The van der Waals surface area contributed by atoms with Crippen LogP contribution in [0.1, 0.15) is 49.8 Å². The molecular weight excluding hydrogens is 340 g/mol. The fraction of sp³-hybridized carbons (Fsp3) is 0.706. The number of nitrogens with one attached hydrogen (secondary N) is 1. The summed E-state index contributed by atoms with van der Waals surface area (Å²) in [5.41, 5.74) is 1.02. The Morgan fingerprint density at radius 2 is 2.12 bits per heavy atom. The SMILES string of the molecule is CCN(c1nc(C)cc(C(=O)NCCC(C)C)n1)C1CCS(=O)(=O)C1. The van der Waals surface area contributed by atoms with Gasteiger partial charge in [0.25, 0.3) is 5.91 Å². The van der Waals surface area contributed by atoms with E-state index in [2.05, 4.69) is 29.1 Å². The predicted octanol–water partition coefficient (Wildman–Crippen LogP) is 1.57. The molecule has 0 aromatic carbocycles. The summed E-state index contributed by atoms with van der Waals surface area (Å²) in [5, 5.41) is 2.88. The number of aromatic nitrogens is 2. The summed E-state index contributed by atoms with van der Waals surface area (Å²) in [6.07, 6.45) is 1.48. The fourth-order valence-electron chi connectivity index (χ4n) is 2.95. The van der Waals surface area contributed by atoms with Gasteiger partial charge < -0.3 is 10.2 Å². The Hall–Kier alpha value is -1.70. The van der Waals surface area contributed by atoms with E-state index in [4.69, 9.17) is 0 Å². The molecule has 7 nitrogen and oxygen atoms in total. The van der Waals surface area contributed by atoms with Crippen molar-refractivity contribution in [2.75, 3.05) is 29.5 Å². The van der Waals surface area contributed by atoms with Crippen molar-refractivity contribution in [2.45, 2.75) is 46.6 Å². The summed E-state index contributed by atoms with van der Waals surface area (Å²) in [5.74, 6) is 1.04. The Kier molecular flexibility index (Phi) is 6.37. The number of hydrogen-bond donors (Lipinski definition) is 1. The third-order valence-corrected chi connectivity index (χ3v) is 6.08. The van der Waals surface area contributed by atoms with Gasteiger partial charge in [0, 0.05) is 24.8 Å². The van der Waals surface area contributed by atoms with Gasteiger partial charge in [-0.25, -0.2) is 18.4 Å². The van der Waals surface area contributed by atoms with Crippen molar-refractivity contribution in [2.24, 2.45) is 5.92 Å². The van der Waals surface area contributed by atoms with E-state index in [1.165, 1.54) is 0 Å². The number of nitrogens with zero attached hydrogens (tertiary/aromatic N) is 3. The summed E-state index contributed by atoms with van der Waals surface area (Å²) in [4.78, 5) is 23.1. The first kappa shape index (κ1) is 19.6. The molecule has 1 atom stereocenters. The van der Waals surface area contributed by atoms with Crippen molar-refractivity contribution < 1.29 is 13.2 Å². The van der Waals surface area contributed by atoms with Gasteiger partial charge in [-0.15, -0.1) is 0 Å². The standard InChI is InChI=1S/C17H28N4O3S/c1-5-21(14-7-9-25(23,24)11-14)17-19-13(4)10-15(20-17)16(22)18-8-6-12(2)3/h10,12,14H,5-9,11H2,1-4H3,(H,18,22). The van der Waals surface area contributed by atoms with Gasteiger partial charge in [-0.3, -0.25) is 4.79 Å². The molecule has 140 valence electrons. The highest BCUT2D eigenvalue weighted by atomic mass is 32.2. The number of carbonyl (C=O) groups is 1. The van der Waals surface area contributed by atoms with E-state index in [-0.39, 0.29) is 23.5 Å². The predicted molar refractivity (Wildman–Crippen MR) is 98.6 cm³/mol. The van der Waals surface area contributed by atoms with Crippen molar-refractivity contribution in [1.29, 1.82) is 0 Å². The third kappa shape index (κ3) is 5.39. The Labute approximate surface area is 150 Å². The molecule has 1 aliphatic rings. The Morgan fingerprint density at radius 1 is 1.40 bits per heavy atom. The molecule has 25 heavy (non-hydrogen) atoms. The summed E-state index contributed by atoms with van der Waals surface area (Å²) in [6, 6.07) is 1.53. The zero-order chi connectivity index (χ0) is 18.6. The quantitative estimate of drug-likeness (QED) is 0.785. The van der Waals surface area contributed by atoms with Gasteiger partial charge in [0.1, 0.15) is 5.69 Å². The number of anilines is 1. The highest BCUT2D eigenvalue weighted by Crippen LogP contribution is 2.22. The molecular formula is C17H28N4O3S. The lowest BCUT2D eigenvalue weighted by atomic mass is 10.1. The van der Waals surface area contributed by atoms with Crippen LogP contribution >= 0.6 is 0 Å². The van der Waals surface area contributed by atoms with E-state index in [1.807, 2.05) is 18.7 Å². The van der Waals surface area contributed by atoms with Crippen LogP contribution in [0.3, 0.4) is 0 Å². The first-order chi connectivity index (χ1) is 11.7. The molecule has 1 aromatic rings. The molecule has 0 bridgehead atoms. The van der Waals surface area contributed by atoms with Crippen molar-refractivity contribution in [3.05, 3.63) is 17.5 Å². The van der Waals surface area contributed by atoms with Crippen LogP contribution in [0.4, 0.5) is 5.95 Å². The van der Waals surface area contributed by atoms with Crippen LogP contribution in [0.5, 0.6) is 0 Å². The number of aryl methyl sites for hydroxylation is 1. The van der Waals surface area contributed by atoms with Gasteiger partial charge in [0.05, 0.1) is 11.5 Å². The highest BCUT2D eigenvalue weighted by molar-refractivity contribution is 7.91. The second-order valence-corrected chi connectivity index (χ2v) is 9.20. The van der Waals surface area contributed by atoms with Crippen molar-refractivity contribution in [3.63, 3.8) is 0 Å². The normalized spacial score (nSPS) is 19.2. The number of amides is 1. The number of carbonyl (C=O) groups excluding carboxylic acids is 1. The monoisotopic (exact) mass is 368 g/mol. The van der Waals surface area contributed by atoms with Crippen LogP contribution < -0.4 is 10.2 Å². The van der Waals surface area contributed by atoms with Crippen LogP contribution in [-0.4, -0.2) is 54.9 Å². The van der Waals surface area contributed by atoms with Crippen LogP contribution in [0, 0.1) is 12.8 Å². The minimum absolute atomic E-state index is 0.119. The van der Waals surface area contributed by atoms with Crippen LogP contribution in [-0.2, 0) is 9.84 Å². The van der Waals surface area contributed by atoms with Gasteiger partial charge >= 0.3 is 0 Å². The van der Waals surface area contributed by atoms with Gasteiger partial charge in [-0.2, -0.15) is 0 Å². The average molecular weight is 369 g/mol. The molecule has 0 radical (unpaired) electrons. The molecule has 1 aromatic heterocycles. The molecule has 2 rings (SSSR count).